The fourth-order valence-corrected chi connectivity index (χ4v) is 3.64. The lowest BCUT2D eigenvalue weighted by Gasteiger charge is -2.06. The Bertz CT molecular complexity index is 560. The molecule has 2 unspecified atom stereocenters. The Balaban J connectivity index is 1.71. The van der Waals surface area contributed by atoms with Crippen molar-refractivity contribution < 1.29 is 12.8 Å². The van der Waals surface area contributed by atoms with E-state index in [1.807, 2.05) is 0 Å². The summed E-state index contributed by atoms with van der Waals surface area (Å²) in [5.41, 5.74) is 0.776. The molecule has 1 N–H and O–H groups in total. The van der Waals surface area contributed by atoms with Crippen LogP contribution in [0.1, 0.15) is 31.4 Å². The molecule has 1 fully saturated rings. The first-order valence-corrected chi connectivity index (χ1v) is 8.89. The maximum absolute atomic E-state index is 13.2. The third-order valence-corrected chi connectivity index (χ3v) is 5.84. The van der Waals surface area contributed by atoms with E-state index in [-0.39, 0.29) is 10.8 Å². The molecule has 0 bridgehead atoms. The lowest BCUT2D eigenvalue weighted by atomic mass is 10.2. The molecule has 2 atom stereocenters. The summed E-state index contributed by atoms with van der Waals surface area (Å²) < 4.78 is 38.5. The zero-order valence-corrected chi connectivity index (χ0v) is 13.7. The van der Waals surface area contributed by atoms with E-state index in [1.54, 1.807) is 13.0 Å². The monoisotopic (exact) mass is 364 g/mol. The van der Waals surface area contributed by atoms with Gasteiger partial charge < -0.3 is 0 Å². The van der Waals surface area contributed by atoms with E-state index in [4.69, 9.17) is 0 Å². The van der Waals surface area contributed by atoms with Crippen LogP contribution < -0.4 is 4.72 Å². The molecule has 7 heteroatoms. The quantitative estimate of drug-likeness (QED) is 0.597. The van der Waals surface area contributed by atoms with Gasteiger partial charge in [0.1, 0.15) is 4.90 Å². The van der Waals surface area contributed by atoms with Crippen molar-refractivity contribution in [3.05, 3.63) is 24.0 Å². The van der Waals surface area contributed by atoms with E-state index in [9.17, 15) is 12.8 Å². The van der Waals surface area contributed by atoms with Crippen LogP contribution >= 0.6 is 15.9 Å². The highest BCUT2D eigenvalue weighted by atomic mass is 79.9. The highest BCUT2D eigenvalue weighted by Crippen LogP contribution is 2.54. The molecule has 1 aromatic rings. The minimum Gasteiger partial charge on any atom is -0.260 e. The van der Waals surface area contributed by atoms with E-state index < -0.39 is 14.6 Å². The Morgan fingerprint density at radius 2 is 2.20 bits per heavy atom. The summed E-state index contributed by atoms with van der Waals surface area (Å²) >= 11 is 3.00. The third kappa shape index (κ3) is 4.23. The molecule has 1 aliphatic carbocycles. The van der Waals surface area contributed by atoms with Crippen LogP contribution in [-0.2, 0) is 10.0 Å². The second-order valence-electron chi connectivity index (χ2n) is 5.19. The smallest absolute Gasteiger partial charge is 0.242 e. The first-order chi connectivity index (χ1) is 9.31. The van der Waals surface area contributed by atoms with Crippen molar-refractivity contribution in [1.29, 1.82) is 0 Å². The number of alkyl halides is 2. The molecule has 0 aliphatic heterocycles. The predicted octanol–water partition coefficient (Wildman–Crippen LogP) is 2.92. The summed E-state index contributed by atoms with van der Waals surface area (Å²) in [4.78, 5) is 4.15. The number of unbranched alkanes of at least 4 members (excludes halogenated alkanes) is 1. The fraction of sp³-hybridized carbons (Fsp3) is 0.615. The zero-order valence-electron chi connectivity index (χ0n) is 11.3. The minimum absolute atomic E-state index is 0.0837. The summed E-state index contributed by atoms with van der Waals surface area (Å²) in [5, 5.41) is 0. The number of rotatable bonds is 7. The molecule has 0 amide bonds. The van der Waals surface area contributed by atoms with E-state index in [0.717, 1.165) is 18.5 Å². The number of nitrogens with zero attached hydrogens (tertiary/aromatic N) is 1. The van der Waals surface area contributed by atoms with Crippen LogP contribution in [0.25, 0.3) is 0 Å². The Labute approximate surface area is 127 Å². The second-order valence-corrected chi connectivity index (χ2v) is 8.28. The third-order valence-electron chi connectivity index (χ3n) is 3.42. The standard InChI is InChI=1S/C13H18BrFN2O2S/c1-10-5-6-12(9-16-10)20(18,19)17-7-3-2-4-11-8-13(11,14)15/h5-6,9,11,17H,2-4,7-8H2,1H3. The maximum Gasteiger partial charge on any atom is 0.242 e. The number of sulfonamides is 1. The molecule has 4 nitrogen and oxygen atoms in total. The molecule has 1 aliphatic rings. The molecule has 112 valence electrons. The van der Waals surface area contributed by atoms with Gasteiger partial charge in [-0.3, -0.25) is 4.98 Å². The topological polar surface area (TPSA) is 59.1 Å². The van der Waals surface area contributed by atoms with Crippen molar-refractivity contribution in [2.45, 2.75) is 42.1 Å². The summed E-state index contributed by atoms with van der Waals surface area (Å²) in [6.45, 7) is 2.17. The molecular formula is C13H18BrFN2O2S. The van der Waals surface area contributed by atoms with E-state index in [1.165, 1.54) is 12.3 Å². The highest BCUT2D eigenvalue weighted by molar-refractivity contribution is 9.10. The number of halogens is 2. The van der Waals surface area contributed by atoms with Crippen molar-refractivity contribution in [2.24, 2.45) is 5.92 Å². The van der Waals surface area contributed by atoms with Crippen LogP contribution in [-0.4, -0.2) is 24.5 Å². The van der Waals surface area contributed by atoms with Gasteiger partial charge in [0.25, 0.3) is 0 Å². The van der Waals surface area contributed by atoms with Gasteiger partial charge in [-0.15, -0.1) is 0 Å². The van der Waals surface area contributed by atoms with Crippen molar-refractivity contribution in [1.82, 2.24) is 9.71 Å². The van der Waals surface area contributed by atoms with Crippen LogP contribution in [0.2, 0.25) is 0 Å². The van der Waals surface area contributed by atoms with E-state index in [0.29, 0.717) is 19.4 Å². The predicted molar refractivity (Wildman–Crippen MR) is 78.9 cm³/mol. The summed E-state index contributed by atoms with van der Waals surface area (Å²) in [6.07, 6.45) is 4.22. The van der Waals surface area contributed by atoms with Gasteiger partial charge in [-0.2, -0.15) is 0 Å². The van der Waals surface area contributed by atoms with Crippen LogP contribution in [0.4, 0.5) is 4.39 Å². The first kappa shape index (κ1) is 15.9. The number of hydrogen-bond donors (Lipinski definition) is 1. The van der Waals surface area contributed by atoms with Crippen molar-refractivity contribution >= 4 is 26.0 Å². The van der Waals surface area contributed by atoms with Crippen LogP contribution in [0.3, 0.4) is 0 Å². The summed E-state index contributed by atoms with van der Waals surface area (Å²) in [6, 6.07) is 3.20. The fourth-order valence-electron chi connectivity index (χ4n) is 2.00. The van der Waals surface area contributed by atoms with Gasteiger partial charge in [-0.25, -0.2) is 17.5 Å². The van der Waals surface area contributed by atoms with Gasteiger partial charge >= 0.3 is 0 Å². The largest absolute Gasteiger partial charge is 0.260 e. The van der Waals surface area contributed by atoms with Crippen molar-refractivity contribution in [3.63, 3.8) is 0 Å². The lowest BCUT2D eigenvalue weighted by molar-refractivity contribution is 0.401. The van der Waals surface area contributed by atoms with Crippen LogP contribution in [0.5, 0.6) is 0 Å². The molecule has 2 rings (SSSR count). The Morgan fingerprint density at radius 3 is 2.75 bits per heavy atom. The van der Waals surface area contributed by atoms with E-state index in [2.05, 4.69) is 25.6 Å². The summed E-state index contributed by atoms with van der Waals surface area (Å²) in [5.74, 6) is 0.0837. The number of aromatic nitrogens is 1. The minimum atomic E-state index is -3.48. The van der Waals surface area contributed by atoms with Crippen molar-refractivity contribution in [3.8, 4) is 0 Å². The number of pyridine rings is 1. The Morgan fingerprint density at radius 1 is 1.50 bits per heavy atom. The van der Waals surface area contributed by atoms with Gasteiger partial charge in [0.05, 0.1) is 0 Å². The maximum atomic E-state index is 13.2. The van der Waals surface area contributed by atoms with Gasteiger partial charge in [0.15, 0.2) is 4.58 Å². The lowest BCUT2D eigenvalue weighted by Crippen LogP contribution is -2.25. The number of aryl methyl sites for hydroxylation is 1. The number of nitrogens with one attached hydrogen (secondary N) is 1. The Hall–Kier alpha value is -0.530. The van der Waals surface area contributed by atoms with Crippen LogP contribution in [0.15, 0.2) is 23.2 Å². The Kier molecular flexibility index (Phi) is 4.81. The summed E-state index contributed by atoms with van der Waals surface area (Å²) in [7, 11) is -3.48. The molecule has 1 heterocycles. The molecule has 1 aromatic heterocycles. The first-order valence-electron chi connectivity index (χ1n) is 6.61. The average Bonchev–Trinajstić information content (AvgIpc) is 2.97. The van der Waals surface area contributed by atoms with Gasteiger partial charge in [0.2, 0.25) is 10.0 Å². The normalized spacial score (nSPS) is 25.6. The second kappa shape index (κ2) is 6.07. The average molecular weight is 365 g/mol. The zero-order chi connectivity index (χ0) is 14.8. The van der Waals surface area contributed by atoms with Crippen molar-refractivity contribution in [2.75, 3.05) is 6.54 Å². The molecule has 1 saturated carbocycles. The van der Waals surface area contributed by atoms with E-state index >= 15 is 0 Å². The van der Waals surface area contributed by atoms with Crippen LogP contribution in [0, 0.1) is 12.8 Å². The highest BCUT2D eigenvalue weighted by Gasteiger charge is 2.52. The van der Waals surface area contributed by atoms with Gasteiger partial charge in [-0.1, -0.05) is 6.42 Å². The SMILES string of the molecule is Cc1ccc(S(=O)(=O)NCCCCC2CC2(F)Br)cn1. The van der Waals surface area contributed by atoms with Gasteiger partial charge in [0, 0.05) is 24.4 Å². The van der Waals surface area contributed by atoms with Gasteiger partial charge in [-0.05, 0) is 54.2 Å². The molecule has 0 radical (unpaired) electrons. The number of hydrogen-bond acceptors (Lipinski definition) is 3. The molecule has 0 saturated heterocycles. The molecule has 0 aromatic carbocycles. The molecular weight excluding hydrogens is 347 g/mol. The molecule has 0 spiro atoms. The molecule has 20 heavy (non-hydrogen) atoms.